The highest BCUT2D eigenvalue weighted by molar-refractivity contribution is 7.12. The molecule has 3 heterocycles. The van der Waals surface area contributed by atoms with Crippen LogP contribution >= 0.6 is 11.3 Å². The summed E-state index contributed by atoms with van der Waals surface area (Å²) in [4.78, 5) is 2.25. The summed E-state index contributed by atoms with van der Waals surface area (Å²) in [6, 6.07) is 7.55. The van der Waals surface area contributed by atoms with Crippen molar-refractivity contribution in [2.45, 2.75) is 19.8 Å². The molecular formula is C21H20N4O4S. The van der Waals surface area contributed by atoms with E-state index in [1.807, 2.05) is 13.8 Å². The minimum Gasteiger partial charge on any atom is -0.502 e. The van der Waals surface area contributed by atoms with Gasteiger partial charge in [0.05, 0.1) is 31.5 Å². The van der Waals surface area contributed by atoms with Crippen LogP contribution in [0.15, 0.2) is 18.2 Å². The predicted octanol–water partition coefficient (Wildman–Crippen LogP) is 4.12. The summed E-state index contributed by atoms with van der Waals surface area (Å²) in [6.45, 7) is 4.05. The molecule has 1 aliphatic heterocycles. The molecule has 1 aromatic carbocycles. The van der Waals surface area contributed by atoms with Crippen LogP contribution in [0.25, 0.3) is 11.3 Å². The zero-order valence-corrected chi connectivity index (χ0v) is 17.7. The third-order valence-electron chi connectivity index (χ3n) is 5.21. The van der Waals surface area contributed by atoms with E-state index in [9.17, 15) is 10.4 Å². The summed E-state index contributed by atoms with van der Waals surface area (Å²) in [6.07, 6.45) is 0. The van der Waals surface area contributed by atoms with Crippen molar-refractivity contribution < 1.29 is 19.3 Å². The molecule has 2 aromatic heterocycles. The number of nitrogens with zero attached hydrogens (tertiary/aromatic N) is 2. The second-order valence-electron chi connectivity index (χ2n) is 6.97. The molecule has 0 amide bonds. The number of benzene rings is 1. The van der Waals surface area contributed by atoms with Crippen molar-refractivity contribution in [2.24, 2.45) is 5.92 Å². The number of aryl methyl sites for hydroxylation is 2. The number of thiophene rings is 1. The normalized spacial score (nSPS) is 17.8. The first kappa shape index (κ1) is 19.8. The number of aromatic amines is 1. The first-order valence-corrected chi connectivity index (χ1v) is 9.97. The van der Waals surface area contributed by atoms with Gasteiger partial charge >= 0.3 is 0 Å². The number of phenols is 1. The molecule has 0 bridgehead atoms. The fraction of sp³-hybridized carbons (Fsp3) is 0.286. The van der Waals surface area contributed by atoms with E-state index >= 15 is 0 Å². The molecule has 0 spiro atoms. The molecule has 0 fully saturated rings. The van der Waals surface area contributed by atoms with Gasteiger partial charge in [0.25, 0.3) is 0 Å². The van der Waals surface area contributed by atoms with Crippen molar-refractivity contribution in [1.29, 1.82) is 10.7 Å². The number of nitriles is 1. The Bertz CT molecular complexity index is 1170. The smallest absolute Gasteiger partial charge is 0.244 e. The molecule has 0 saturated carbocycles. The first-order chi connectivity index (χ1) is 14.4. The molecule has 2 unspecified atom stereocenters. The van der Waals surface area contributed by atoms with E-state index in [2.05, 4.69) is 22.3 Å². The molecule has 3 N–H and O–H groups in total. The van der Waals surface area contributed by atoms with Gasteiger partial charge in [-0.2, -0.15) is 5.26 Å². The predicted molar refractivity (Wildman–Crippen MR) is 112 cm³/mol. The van der Waals surface area contributed by atoms with E-state index in [1.165, 1.54) is 14.2 Å². The van der Waals surface area contributed by atoms with Gasteiger partial charge in [-0.3, -0.25) is 10.5 Å². The number of phenolic OH excluding ortho intramolecular Hbond substituents is 1. The summed E-state index contributed by atoms with van der Waals surface area (Å²) in [7, 11) is 2.89. The number of hydrogen-bond acceptors (Lipinski definition) is 8. The summed E-state index contributed by atoms with van der Waals surface area (Å²) in [5, 5.41) is 35.7. The molecule has 8 nitrogen and oxygen atoms in total. The highest BCUT2D eigenvalue weighted by atomic mass is 32.1. The number of rotatable bonds is 4. The standard InChI is InChI=1S/C21H20N4O4S/c1-9-5-12(10(2)30-9)18-17-16(13(8-22)20(23)29-21(17)25-24-18)11-6-14(27-3)19(26)15(7-11)28-4/h5-7,13,16,23,26H,1-4H3,(H,24,25). The number of hydrogen-bond donors (Lipinski definition) is 3. The van der Waals surface area contributed by atoms with E-state index < -0.39 is 11.8 Å². The van der Waals surface area contributed by atoms with Crippen molar-refractivity contribution >= 4 is 17.2 Å². The van der Waals surface area contributed by atoms with Crippen LogP contribution in [-0.2, 0) is 0 Å². The maximum absolute atomic E-state index is 10.3. The molecule has 4 rings (SSSR count). The number of nitrogens with one attached hydrogen (secondary N) is 2. The third kappa shape index (κ3) is 2.97. The molecule has 30 heavy (non-hydrogen) atoms. The number of methoxy groups -OCH3 is 2. The number of aromatic hydroxyl groups is 1. The van der Waals surface area contributed by atoms with Crippen LogP contribution < -0.4 is 14.2 Å². The minimum absolute atomic E-state index is 0.128. The van der Waals surface area contributed by atoms with Gasteiger partial charge in [0.15, 0.2) is 11.5 Å². The lowest BCUT2D eigenvalue weighted by Crippen LogP contribution is -2.31. The van der Waals surface area contributed by atoms with Gasteiger partial charge in [-0.25, -0.2) is 0 Å². The Morgan fingerprint density at radius 1 is 1.23 bits per heavy atom. The molecule has 3 aromatic rings. The fourth-order valence-corrected chi connectivity index (χ4v) is 4.79. The topological polar surface area (TPSA) is 124 Å². The first-order valence-electron chi connectivity index (χ1n) is 9.16. The van der Waals surface area contributed by atoms with Gasteiger partial charge in [-0.05, 0) is 37.6 Å². The lowest BCUT2D eigenvalue weighted by molar-refractivity contribution is 0.338. The van der Waals surface area contributed by atoms with Crippen LogP contribution in [0.2, 0.25) is 0 Å². The average molecular weight is 424 g/mol. The lowest BCUT2D eigenvalue weighted by Gasteiger charge is -2.28. The van der Waals surface area contributed by atoms with Crippen molar-refractivity contribution in [3.8, 4) is 40.5 Å². The number of fused-ring (bicyclic) bond motifs is 1. The van der Waals surface area contributed by atoms with Crippen LogP contribution in [0.1, 0.15) is 26.8 Å². The average Bonchev–Trinajstić information content (AvgIpc) is 3.28. The van der Waals surface area contributed by atoms with Crippen molar-refractivity contribution in [1.82, 2.24) is 10.2 Å². The van der Waals surface area contributed by atoms with Crippen molar-refractivity contribution in [2.75, 3.05) is 14.2 Å². The molecular weight excluding hydrogens is 404 g/mol. The maximum atomic E-state index is 10.3. The van der Waals surface area contributed by atoms with Gasteiger partial charge in [-0.15, -0.1) is 16.4 Å². The number of H-pyrrole nitrogens is 1. The number of aromatic nitrogens is 2. The van der Waals surface area contributed by atoms with Crippen LogP contribution in [0.4, 0.5) is 0 Å². The molecule has 9 heteroatoms. The van der Waals surface area contributed by atoms with Crippen LogP contribution in [0.3, 0.4) is 0 Å². The Balaban J connectivity index is 1.99. The van der Waals surface area contributed by atoms with Gasteiger partial charge < -0.3 is 19.3 Å². The third-order valence-corrected chi connectivity index (χ3v) is 6.18. The largest absolute Gasteiger partial charge is 0.502 e. The number of ether oxygens (including phenoxy) is 3. The summed E-state index contributed by atoms with van der Waals surface area (Å²) < 4.78 is 16.2. The van der Waals surface area contributed by atoms with Crippen LogP contribution in [0.5, 0.6) is 23.1 Å². The van der Waals surface area contributed by atoms with E-state index in [0.717, 1.165) is 21.0 Å². The molecule has 2 atom stereocenters. The van der Waals surface area contributed by atoms with Crippen LogP contribution in [0, 0.1) is 36.5 Å². The Hall–Kier alpha value is -3.51. The van der Waals surface area contributed by atoms with Gasteiger partial charge in [0.1, 0.15) is 5.92 Å². The Kier molecular flexibility index (Phi) is 4.87. The summed E-state index contributed by atoms with van der Waals surface area (Å²) >= 11 is 1.67. The summed E-state index contributed by atoms with van der Waals surface area (Å²) in [5.74, 6) is -1.06. The highest BCUT2D eigenvalue weighted by Crippen LogP contribution is 2.49. The Morgan fingerprint density at radius 2 is 1.90 bits per heavy atom. The highest BCUT2D eigenvalue weighted by Gasteiger charge is 2.41. The van der Waals surface area contributed by atoms with Crippen LogP contribution in [-0.4, -0.2) is 35.4 Å². The van der Waals surface area contributed by atoms with E-state index in [1.54, 1.807) is 23.5 Å². The quantitative estimate of drug-likeness (QED) is 0.579. The Labute approximate surface area is 177 Å². The van der Waals surface area contributed by atoms with Gasteiger partial charge in [0.2, 0.25) is 17.5 Å². The second-order valence-corrected chi connectivity index (χ2v) is 8.43. The molecule has 0 radical (unpaired) electrons. The molecule has 0 saturated heterocycles. The zero-order chi connectivity index (χ0) is 21.6. The van der Waals surface area contributed by atoms with E-state index in [0.29, 0.717) is 11.1 Å². The SMILES string of the molecule is COc1cc(C2c3c(n[nH]c3-c3cc(C)sc3C)OC(=N)C2C#N)cc(OC)c1O. The van der Waals surface area contributed by atoms with Crippen molar-refractivity contribution in [3.05, 3.63) is 39.1 Å². The molecule has 154 valence electrons. The summed E-state index contributed by atoms with van der Waals surface area (Å²) in [5.41, 5.74) is 3.06. The van der Waals surface area contributed by atoms with Gasteiger partial charge in [-0.1, -0.05) is 0 Å². The molecule has 0 aliphatic carbocycles. The second kappa shape index (κ2) is 7.39. The monoisotopic (exact) mass is 424 g/mol. The van der Waals surface area contributed by atoms with E-state index in [4.69, 9.17) is 19.6 Å². The van der Waals surface area contributed by atoms with E-state index in [-0.39, 0.29) is 29.0 Å². The van der Waals surface area contributed by atoms with Gasteiger partial charge in [0, 0.05) is 21.2 Å². The Morgan fingerprint density at radius 3 is 2.43 bits per heavy atom. The fourth-order valence-electron chi connectivity index (χ4n) is 3.86. The lowest BCUT2D eigenvalue weighted by atomic mass is 9.78. The minimum atomic E-state index is -0.882. The maximum Gasteiger partial charge on any atom is 0.244 e. The van der Waals surface area contributed by atoms with Crippen molar-refractivity contribution in [3.63, 3.8) is 0 Å². The zero-order valence-electron chi connectivity index (χ0n) is 16.9. The molecule has 1 aliphatic rings.